The summed E-state index contributed by atoms with van der Waals surface area (Å²) in [4.78, 5) is 26.8. The van der Waals surface area contributed by atoms with Crippen LogP contribution in [0, 0.1) is 5.92 Å². The standard InChI is InChI=1S/C15H29N3O2/c1-4-18(5-2)14(20)15(9-7-6-8-10-15)17-13(19)12(3)11-16/h12H,4-11,16H2,1-3H3,(H,17,19). The number of nitrogens with two attached hydrogens (primary N) is 1. The van der Waals surface area contributed by atoms with E-state index in [0.29, 0.717) is 19.6 Å². The molecule has 0 saturated heterocycles. The van der Waals surface area contributed by atoms with Crippen molar-refractivity contribution in [2.45, 2.75) is 58.4 Å². The van der Waals surface area contributed by atoms with Crippen molar-refractivity contribution < 1.29 is 9.59 Å². The average molecular weight is 283 g/mol. The SMILES string of the molecule is CCN(CC)C(=O)C1(NC(=O)C(C)CN)CCCCC1. The second-order valence-corrected chi connectivity index (χ2v) is 5.75. The van der Waals surface area contributed by atoms with Crippen LogP contribution in [0.1, 0.15) is 52.9 Å². The third-order valence-electron chi connectivity index (χ3n) is 4.33. The van der Waals surface area contributed by atoms with Gasteiger partial charge in [-0.3, -0.25) is 9.59 Å². The molecule has 1 fully saturated rings. The van der Waals surface area contributed by atoms with E-state index in [1.807, 2.05) is 18.7 Å². The van der Waals surface area contributed by atoms with E-state index in [-0.39, 0.29) is 17.7 Å². The maximum atomic E-state index is 12.8. The second kappa shape index (κ2) is 7.62. The van der Waals surface area contributed by atoms with E-state index in [9.17, 15) is 9.59 Å². The molecule has 1 unspecified atom stereocenters. The van der Waals surface area contributed by atoms with Gasteiger partial charge >= 0.3 is 0 Å². The zero-order chi connectivity index (χ0) is 15.2. The Balaban J connectivity index is 2.91. The highest BCUT2D eigenvalue weighted by molar-refractivity contribution is 5.92. The number of carbonyl (C=O) groups excluding carboxylic acids is 2. The average Bonchev–Trinajstić information content (AvgIpc) is 2.48. The van der Waals surface area contributed by atoms with Crippen LogP contribution in [0.15, 0.2) is 0 Å². The van der Waals surface area contributed by atoms with Crippen LogP contribution < -0.4 is 11.1 Å². The van der Waals surface area contributed by atoms with E-state index in [4.69, 9.17) is 5.73 Å². The number of rotatable bonds is 6. The topological polar surface area (TPSA) is 75.4 Å². The Morgan fingerprint density at radius 2 is 1.75 bits per heavy atom. The Morgan fingerprint density at radius 1 is 1.20 bits per heavy atom. The van der Waals surface area contributed by atoms with Crippen LogP contribution in [0.2, 0.25) is 0 Å². The molecule has 1 saturated carbocycles. The van der Waals surface area contributed by atoms with Crippen LogP contribution in [0.3, 0.4) is 0 Å². The van der Waals surface area contributed by atoms with Gasteiger partial charge in [-0.05, 0) is 26.7 Å². The molecule has 1 aliphatic carbocycles. The molecular weight excluding hydrogens is 254 g/mol. The second-order valence-electron chi connectivity index (χ2n) is 5.75. The number of likely N-dealkylation sites (N-methyl/N-ethyl adjacent to an activating group) is 1. The first kappa shape index (κ1) is 17.0. The number of hydrogen-bond donors (Lipinski definition) is 2. The highest BCUT2D eigenvalue weighted by atomic mass is 16.2. The number of nitrogens with one attached hydrogen (secondary N) is 1. The van der Waals surface area contributed by atoms with Crippen molar-refractivity contribution in [3.8, 4) is 0 Å². The largest absolute Gasteiger partial charge is 0.341 e. The molecule has 20 heavy (non-hydrogen) atoms. The molecule has 5 nitrogen and oxygen atoms in total. The van der Waals surface area contributed by atoms with Gasteiger partial charge in [0.15, 0.2) is 0 Å². The van der Waals surface area contributed by atoms with E-state index in [1.165, 1.54) is 0 Å². The summed E-state index contributed by atoms with van der Waals surface area (Å²) in [7, 11) is 0. The number of amides is 2. The Hall–Kier alpha value is -1.10. The van der Waals surface area contributed by atoms with Gasteiger partial charge in [-0.25, -0.2) is 0 Å². The zero-order valence-corrected chi connectivity index (χ0v) is 13.1. The predicted molar refractivity (Wildman–Crippen MR) is 80.1 cm³/mol. The Kier molecular flexibility index (Phi) is 6.46. The zero-order valence-electron chi connectivity index (χ0n) is 13.1. The van der Waals surface area contributed by atoms with Crippen molar-refractivity contribution in [2.75, 3.05) is 19.6 Å². The van der Waals surface area contributed by atoms with Gasteiger partial charge in [-0.2, -0.15) is 0 Å². The first-order chi connectivity index (χ1) is 9.50. The van der Waals surface area contributed by atoms with Gasteiger partial charge < -0.3 is 16.0 Å². The minimum Gasteiger partial charge on any atom is -0.341 e. The molecule has 1 atom stereocenters. The Morgan fingerprint density at radius 3 is 2.20 bits per heavy atom. The van der Waals surface area contributed by atoms with Gasteiger partial charge in [-0.15, -0.1) is 0 Å². The fraction of sp³-hybridized carbons (Fsp3) is 0.867. The molecule has 0 aliphatic heterocycles. The van der Waals surface area contributed by atoms with Crippen LogP contribution in [0.5, 0.6) is 0 Å². The van der Waals surface area contributed by atoms with Crippen molar-refractivity contribution in [3.63, 3.8) is 0 Å². The quantitative estimate of drug-likeness (QED) is 0.771. The van der Waals surface area contributed by atoms with Crippen molar-refractivity contribution >= 4 is 11.8 Å². The third-order valence-corrected chi connectivity index (χ3v) is 4.33. The van der Waals surface area contributed by atoms with E-state index in [2.05, 4.69) is 5.32 Å². The molecule has 1 aliphatic rings. The fourth-order valence-corrected chi connectivity index (χ4v) is 2.83. The minimum absolute atomic E-state index is 0.0692. The fourth-order valence-electron chi connectivity index (χ4n) is 2.83. The molecule has 0 spiro atoms. The maximum Gasteiger partial charge on any atom is 0.248 e. The summed E-state index contributed by atoms with van der Waals surface area (Å²) in [5.41, 5.74) is 4.85. The first-order valence-corrected chi connectivity index (χ1v) is 7.82. The lowest BCUT2D eigenvalue weighted by Crippen LogP contribution is -2.61. The van der Waals surface area contributed by atoms with Crippen LogP contribution in [0.4, 0.5) is 0 Å². The van der Waals surface area contributed by atoms with Crippen LogP contribution in [-0.4, -0.2) is 41.9 Å². The first-order valence-electron chi connectivity index (χ1n) is 7.82. The summed E-state index contributed by atoms with van der Waals surface area (Å²) < 4.78 is 0. The summed E-state index contributed by atoms with van der Waals surface area (Å²) in [5, 5.41) is 3.02. The molecule has 0 heterocycles. The van der Waals surface area contributed by atoms with Crippen LogP contribution >= 0.6 is 0 Å². The summed E-state index contributed by atoms with van der Waals surface area (Å²) in [5.74, 6) is -0.284. The molecule has 2 amide bonds. The summed E-state index contributed by atoms with van der Waals surface area (Å²) >= 11 is 0. The summed E-state index contributed by atoms with van der Waals surface area (Å²) in [6, 6.07) is 0. The van der Waals surface area contributed by atoms with E-state index < -0.39 is 5.54 Å². The van der Waals surface area contributed by atoms with Crippen molar-refractivity contribution in [1.82, 2.24) is 10.2 Å². The lowest BCUT2D eigenvalue weighted by atomic mass is 9.80. The van der Waals surface area contributed by atoms with Crippen LogP contribution in [-0.2, 0) is 9.59 Å². The van der Waals surface area contributed by atoms with Crippen molar-refractivity contribution in [3.05, 3.63) is 0 Å². The lowest BCUT2D eigenvalue weighted by Gasteiger charge is -2.40. The molecule has 0 radical (unpaired) electrons. The number of hydrogen-bond acceptors (Lipinski definition) is 3. The molecule has 116 valence electrons. The molecule has 0 aromatic heterocycles. The van der Waals surface area contributed by atoms with Gasteiger partial charge in [0.05, 0.1) is 0 Å². The summed E-state index contributed by atoms with van der Waals surface area (Å²) in [6.07, 6.45) is 4.60. The normalized spacial score (nSPS) is 19.2. The van der Waals surface area contributed by atoms with Gasteiger partial charge in [0.2, 0.25) is 11.8 Å². The van der Waals surface area contributed by atoms with Gasteiger partial charge in [0.25, 0.3) is 0 Å². The molecule has 5 heteroatoms. The number of carbonyl (C=O) groups is 2. The van der Waals surface area contributed by atoms with Gasteiger partial charge in [-0.1, -0.05) is 26.2 Å². The lowest BCUT2D eigenvalue weighted by molar-refractivity contribution is -0.144. The van der Waals surface area contributed by atoms with Crippen molar-refractivity contribution in [1.29, 1.82) is 0 Å². The maximum absolute atomic E-state index is 12.8. The molecule has 3 N–H and O–H groups in total. The van der Waals surface area contributed by atoms with E-state index in [1.54, 1.807) is 6.92 Å². The molecular formula is C15H29N3O2. The number of nitrogens with zero attached hydrogens (tertiary/aromatic N) is 1. The van der Waals surface area contributed by atoms with Crippen molar-refractivity contribution in [2.24, 2.45) is 11.7 Å². The Labute approximate surface area is 122 Å². The monoisotopic (exact) mass is 283 g/mol. The smallest absolute Gasteiger partial charge is 0.248 e. The van der Waals surface area contributed by atoms with E-state index >= 15 is 0 Å². The predicted octanol–water partition coefficient (Wildman–Crippen LogP) is 1.27. The summed E-state index contributed by atoms with van der Waals surface area (Å²) in [6.45, 7) is 7.42. The van der Waals surface area contributed by atoms with E-state index in [0.717, 1.165) is 32.1 Å². The molecule has 0 aromatic rings. The molecule has 0 aromatic carbocycles. The highest BCUT2D eigenvalue weighted by Gasteiger charge is 2.43. The van der Waals surface area contributed by atoms with Gasteiger partial charge in [0, 0.05) is 25.6 Å². The highest BCUT2D eigenvalue weighted by Crippen LogP contribution is 2.30. The van der Waals surface area contributed by atoms with Crippen LogP contribution in [0.25, 0.3) is 0 Å². The molecule has 1 rings (SSSR count). The third kappa shape index (κ3) is 3.72. The minimum atomic E-state index is -0.704. The molecule has 0 bridgehead atoms. The Bertz CT molecular complexity index is 334. The van der Waals surface area contributed by atoms with Gasteiger partial charge in [0.1, 0.15) is 5.54 Å².